The molecule has 0 fully saturated rings. The fraction of sp³-hybridized carbons (Fsp3) is 0.545. The number of aromatic nitrogens is 5. The van der Waals surface area contributed by atoms with Gasteiger partial charge in [-0.05, 0) is 37.8 Å². The summed E-state index contributed by atoms with van der Waals surface area (Å²) in [6, 6.07) is 5.83. The number of nitrogens with zero attached hydrogens (tertiary/aromatic N) is 5. The first kappa shape index (κ1) is 22.0. The summed E-state index contributed by atoms with van der Waals surface area (Å²) < 4.78 is 2.06. The van der Waals surface area contributed by atoms with Gasteiger partial charge in [0.25, 0.3) is 0 Å². The van der Waals surface area contributed by atoms with E-state index in [1.165, 1.54) is 0 Å². The summed E-state index contributed by atoms with van der Waals surface area (Å²) in [5.74, 6) is 1.36. The van der Waals surface area contributed by atoms with Gasteiger partial charge in [-0.2, -0.15) is 0 Å². The minimum absolute atomic E-state index is 0.128. The Balaban J connectivity index is 1.95. The van der Waals surface area contributed by atoms with Crippen LogP contribution in [0, 0.1) is 5.41 Å². The van der Waals surface area contributed by atoms with Crippen molar-refractivity contribution in [2.24, 2.45) is 5.41 Å². The Morgan fingerprint density at radius 2 is 1.90 bits per heavy atom. The van der Waals surface area contributed by atoms with E-state index in [-0.39, 0.29) is 17.5 Å². The molecule has 2 atom stereocenters. The van der Waals surface area contributed by atoms with Crippen molar-refractivity contribution in [3.63, 3.8) is 0 Å². The van der Waals surface area contributed by atoms with E-state index in [0.29, 0.717) is 23.8 Å². The molecule has 0 aliphatic carbocycles. The third-order valence-corrected chi connectivity index (χ3v) is 5.18. The highest BCUT2D eigenvalue weighted by atomic mass is 16.3. The third kappa shape index (κ3) is 4.70. The predicted molar refractivity (Wildman–Crippen MR) is 120 cm³/mol. The standard InChI is InChI=1S/C22H33N7O/c1-7-16(18(30)22(4,5)6)27-21-28-17-19(24-12-15-10-8-9-11-23-15)25-13-26-20(17)29(21)14(2)3/h8-11,13-14,16,18,30H,7,12H2,1-6H3,(H,27,28)(H,24,25,26)/t16-,18?/m1/s1. The van der Waals surface area contributed by atoms with Crippen LogP contribution in [-0.2, 0) is 6.54 Å². The zero-order valence-electron chi connectivity index (χ0n) is 18.7. The van der Waals surface area contributed by atoms with Gasteiger partial charge < -0.3 is 15.7 Å². The smallest absolute Gasteiger partial charge is 0.205 e. The predicted octanol–water partition coefficient (Wildman–Crippen LogP) is 4.01. The molecule has 8 heteroatoms. The van der Waals surface area contributed by atoms with Crippen LogP contribution in [0.2, 0.25) is 0 Å². The monoisotopic (exact) mass is 411 g/mol. The molecule has 0 spiro atoms. The average molecular weight is 412 g/mol. The number of anilines is 2. The molecule has 30 heavy (non-hydrogen) atoms. The third-order valence-electron chi connectivity index (χ3n) is 5.18. The second-order valence-corrected chi connectivity index (χ2v) is 8.94. The van der Waals surface area contributed by atoms with Gasteiger partial charge in [-0.3, -0.25) is 9.55 Å². The van der Waals surface area contributed by atoms with Gasteiger partial charge in [-0.25, -0.2) is 15.0 Å². The maximum atomic E-state index is 10.8. The van der Waals surface area contributed by atoms with Crippen LogP contribution in [0.1, 0.15) is 59.7 Å². The number of nitrogens with one attached hydrogen (secondary N) is 2. The van der Waals surface area contributed by atoms with Crippen molar-refractivity contribution in [3.05, 3.63) is 36.4 Å². The molecule has 0 radical (unpaired) electrons. The molecule has 0 aromatic carbocycles. The SMILES string of the molecule is CC[C@@H](Nc1nc2c(NCc3ccccn3)ncnc2n1C(C)C)C(O)C(C)(C)C. The summed E-state index contributed by atoms with van der Waals surface area (Å²) >= 11 is 0. The van der Waals surface area contributed by atoms with Crippen LogP contribution in [0.4, 0.5) is 11.8 Å². The van der Waals surface area contributed by atoms with Crippen molar-refractivity contribution < 1.29 is 5.11 Å². The Hall–Kier alpha value is -2.74. The van der Waals surface area contributed by atoms with Gasteiger partial charge in [0, 0.05) is 12.2 Å². The Bertz CT molecular complexity index is 963. The highest BCUT2D eigenvalue weighted by Gasteiger charge is 2.31. The molecular formula is C22H33N7O. The highest BCUT2D eigenvalue weighted by molar-refractivity contribution is 5.85. The number of hydrogen-bond acceptors (Lipinski definition) is 7. The fourth-order valence-electron chi connectivity index (χ4n) is 3.48. The van der Waals surface area contributed by atoms with Crippen LogP contribution < -0.4 is 10.6 Å². The van der Waals surface area contributed by atoms with Gasteiger partial charge >= 0.3 is 0 Å². The van der Waals surface area contributed by atoms with Crippen molar-refractivity contribution >= 4 is 22.9 Å². The number of fused-ring (bicyclic) bond motifs is 1. The van der Waals surface area contributed by atoms with Gasteiger partial charge in [0.2, 0.25) is 5.95 Å². The first-order chi connectivity index (χ1) is 14.2. The van der Waals surface area contributed by atoms with E-state index < -0.39 is 6.10 Å². The number of hydrogen-bond donors (Lipinski definition) is 3. The van der Waals surface area contributed by atoms with Crippen LogP contribution in [-0.4, -0.2) is 41.8 Å². The molecule has 3 rings (SSSR count). The first-order valence-corrected chi connectivity index (χ1v) is 10.5. The van der Waals surface area contributed by atoms with Crippen molar-refractivity contribution in [1.82, 2.24) is 24.5 Å². The molecule has 162 valence electrons. The molecule has 3 aromatic heterocycles. The van der Waals surface area contributed by atoms with Crippen molar-refractivity contribution in [1.29, 1.82) is 0 Å². The number of rotatable bonds is 8. The van der Waals surface area contributed by atoms with E-state index in [9.17, 15) is 5.11 Å². The second-order valence-electron chi connectivity index (χ2n) is 8.94. The van der Waals surface area contributed by atoms with E-state index >= 15 is 0 Å². The van der Waals surface area contributed by atoms with E-state index in [1.807, 2.05) is 39.0 Å². The molecule has 3 aromatic rings. The Labute approximate surface area is 178 Å². The lowest BCUT2D eigenvalue weighted by molar-refractivity contribution is 0.0450. The molecule has 0 amide bonds. The molecule has 0 bridgehead atoms. The number of aliphatic hydroxyl groups excluding tert-OH is 1. The van der Waals surface area contributed by atoms with Crippen LogP contribution >= 0.6 is 0 Å². The summed E-state index contributed by atoms with van der Waals surface area (Å²) in [6.45, 7) is 12.9. The van der Waals surface area contributed by atoms with Crippen LogP contribution in [0.15, 0.2) is 30.7 Å². The molecule has 0 aliphatic rings. The largest absolute Gasteiger partial charge is 0.390 e. The molecular weight excluding hydrogens is 378 g/mol. The topological polar surface area (TPSA) is 101 Å². The van der Waals surface area contributed by atoms with Gasteiger partial charge in [-0.15, -0.1) is 0 Å². The van der Waals surface area contributed by atoms with E-state index in [2.05, 4.69) is 50.9 Å². The zero-order chi connectivity index (χ0) is 21.9. The van der Waals surface area contributed by atoms with Gasteiger partial charge in [-0.1, -0.05) is 33.8 Å². The summed E-state index contributed by atoms with van der Waals surface area (Å²) in [6.07, 6.45) is 3.58. The molecule has 0 saturated carbocycles. The minimum Gasteiger partial charge on any atom is -0.390 e. The number of pyridine rings is 1. The summed E-state index contributed by atoms with van der Waals surface area (Å²) in [5.41, 5.74) is 2.14. The Kier molecular flexibility index (Phi) is 6.55. The Morgan fingerprint density at radius 1 is 1.13 bits per heavy atom. The van der Waals surface area contributed by atoms with Crippen molar-refractivity contribution in [2.75, 3.05) is 10.6 Å². The first-order valence-electron chi connectivity index (χ1n) is 10.5. The Morgan fingerprint density at radius 3 is 2.50 bits per heavy atom. The van der Waals surface area contributed by atoms with Crippen LogP contribution in [0.5, 0.6) is 0 Å². The van der Waals surface area contributed by atoms with Gasteiger partial charge in [0.15, 0.2) is 17.0 Å². The maximum absolute atomic E-state index is 10.8. The van der Waals surface area contributed by atoms with Crippen molar-refractivity contribution in [2.45, 2.75) is 72.7 Å². The molecule has 8 nitrogen and oxygen atoms in total. The lowest BCUT2D eigenvalue weighted by atomic mass is 9.84. The summed E-state index contributed by atoms with van der Waals surface area (Å²) in [7, 11) is 0. The molecule has 1 unspecified atom stereocenters. The molecule has 3 N–H and O–H groups in total. The maximum Gasteiger partial charge on any atom is 0.205 e. The van der Waals surface area contributed by atoms with E-state index in [0.717, 1.165) is 17.8 Å². The molecule has 0 saturated heterocycles. The van der Waals surface area contributed by atoms with Crippen LogP contribution in [0.25, 0.3) is 11.2 Å². The van der Waals surface area contributed by atoms with Gasteiger partial charge in [0.1, 0.15) is 6.33 Å². The highest BCUT2D eigenvalue weighted by Crippen LogP contribution is 2.30. The average Bonchev–Trinajstić information content (AvgIpc) is 3.08. The normalized spacial score (nSPS) is 14.1. The van der Waals surface area contributed by atoms with E-state index in [4.69, 9.17) is 4.98 Å². The fourth-order valence-corrected chi connectivity index (χ4v) is 3.48. The minimum atomic E-state index is -0.518. The second kappa shape index (κ2) is 8.95. The van der Waals surface area contributed by atoms with Crippen molar-refractivity contribution in [3.8, 4) is 0 Å². The lowest BCUT2D eigenvalue weighted by Crippen LogP contribution is -2.42. The van der Waals surface area contributed by atoms with Gasteiger partial charge in [0.05, 0.1) is 24.4 Å². The zero-order valence-corrected chi connectivity index (χ0v) is 18.7. The quantitative estimate of drug-likeness (QED) is 0.515. The summed E-state index contributed by atoms with van der Waals surface area (Å²) in [4.78, 5) is 18.1. The van der Waals surface area contributed by atoms with E-state index in [1.54, 1.807) is 12.5 Å². The molecule has 3 heterocycles. The number of aliphatic hydroxyl groups is 1. The molecule has 0 aliphatic heterocycles. The number of imidazole rings is 1. The lowest BCUT2D eigenvalue weighted by Gasteiger charge is -2.33. The van der Waals surface area contributed by atoms with Crippen LogP contribution in [0.3, 0.4) is 0 Å². The summed E-state index contributed by atoms with van der Waals surface area (Å²) in [5, 5.41) is 17.6.